The van der Waals surface area contributed by atoms with Crippen molar-refractivity contribution in [1.29, 1.82) is 0 Å². The number of nitrogens with one attached hydrogen (secondary N) is 1. The van der Waals surface area contributed by atoms with Gasteiger partial charge in [-0.3, -0.25) is 4.79 Å². The number of carbonyl (C=O) groups is 2. The van der Waals surface area contributed by atoms with E-state index in [-0.39, 0.29) is 0 Å². The maximum Gasteiger partial charge on any atom is 0.328 e. The summed E-state index contributed by atoms with van der Waals surface area (Å²) in [4.78, 5) is 22.1. The van der Waals surface area contributed by atoms with Crippen molar-refractivity contribution in [2.24, 2.45) is 0 Å². The first-order valence-electron chi connectivity index (χ1n) is 4.61. The summed E-state index contributed by atoms with van der Waals surface area (Å²) >= 11 is 0. The van der Waals surface area contributed by atoms with Crippen LogP contribution in [-0.4, -0.2) is 47.4 Å². The molecule has 88 valence electrons. The molecule has 0 saturated carbocycles. The molecule has 0 rings (SSSR count). The minimum absolute atomic E-state index is 0.410. The smallest absolute Gasteiger partial charge is 0.328 e. The van der Waals surface area contributed by atoms with Crippen molar-refractivity contribution in [2.75, 3.05) is 13.7 Å². The van der Waals surface area contributed by atoms with Crippen molar-refractivity contribution in [3.05, 3.63) is 0 Å². The predicted molar refractivity (Wildman–Crippen MR) is 52.4 cm³/mol. The van der Waals surface area contributed by atoms with Gasteiger partial charge in [-0.1, -0.05) is 6.92 Å². The van der Waals surface area contributed by atoms with Gasteiger partial charge in [0.2, 0.25) is 0 Å². The average molecular weight is 219 g/mol. The summed E-state index contributed by atoms with van der Waals surface area (Å²) in [5.74, 6) is -1.82. The monoisotopic (exact) mass is 219 g/mol. The second-order valence-electron chi connectivity index (χ2n) is 3.34. The maximum absolute atomic E-state index is 11.6. The maximum atomic E-state index is 11.6. The zero-order valence-electron chi connectivity index (χ0n) is 9.11. The Morgan fingerprint density at radius 2 is 2.07 bits per heavy atom. The van der Waals surface area contributed by atoms with Crippen molar-refractivity contribution in [3.8, 4) is 0 Å². The first kappa shape index (κ1) is 13.9. The Balaban J connectivity index is 4.52. The van der Waals surface area contributed by atoms with E-state index in [2.05, 4.69) is 5.32 Å². The van der Waals surface area contributed by atoms with Gasteiger partial charge in [-0.05, 0) is 13.3 Å². The zero-order chi connectivity index (χ0) is 12.1. The van der Waals surface area contributed by atoms with Crippen LogP contribution in [0.25, 0.3) is 0 Å². The Morgan fingerprint density at radius 3 is 2.33 bits per heavy atom. The first-order chi connectivity index (χ1) is 6.91. The molecular weight excluding hydrogens is 202 g/mol. The topological polar surface area (TPSA) is 95.9 Å². The minimum Gasteiger partial charge on any atom is -0.480 e. The number of carbonyl (C=O) groups excluding carboxylic acids is 1. The van der Waals surface area contributed by atoms with Crippen LogP contribution in [0.5, 0.6) is 0 Å². The van der Waals surface area contributed by atoms with Crippen LogP contribution in [0.4, 0.5) is 0 Å². The summed E-state index contributed by atoms with van der Waals surface area (Å²) in [5, 5.41) is 19.5. The molecule has 0 heterocycles. The van der Waals surface area contributed by atoms with E-state index in [0.29, 0.717) is 6.42 Å². The Labute approximate surface area is 88.2 Å². The fraction of sp³-hybridized carbons (Fsp3) is 0.778. The largest absolute Gasteiger partial charge is 0.480 e. The third-order valence-electron chi connectivity index (χ3n) is 2.39. The zero-order valence-corrected chi connectivity index (χ0v) is 9.11. The van der Waals surface area contributed by atoms with Crippen molar-refractivity contribution in [2.45, 2.75) is 31.9 Å². The lowest BCUT2D eigenvalue weighted by Gasteiger charge is -2.26. The van der Waals surface area contributed by atoms with Gasteiger partial charge < -0.3 is 20.3 Å². The van der Waals surface area contributed by atoms with Gasteiger partial charge in [0, 0.05) is 7.11 Å². The second-order valence-corrected chi connectivity index (χ2v) is 3.34. The molecule has 1 amide bonds. The second kappa shape index (κ2) is 5.67. The summed E-state index contributed by atoms with van der Waals surface area (Å²) < 4.78 is 4.99. The molecule has 0 aromatic heterocycles. The quantitative estimate of drug-likeness (QED) is 0.552. The van der Waals surface area contributed by atoms with E-state index in [0.717, 1.165) is 0 Å². The highest BCUT2D eigenvalue weighted by molar-refractivity contribution is 5.89. The van der Waals surface area contributed by atoms with Crippen LogP contribution >= 0.6 is 0 Å². The number of methoxy groups -OCH3 is 1. The van der Waals surface area contributed by atoms with Gasteiger partial charge in [0.1, 0.15) is 11.6 Å². The first-order valence-corrected chi connectivity index (χ1v) is 4.61. The third-order valence-corrected chi connectivity index (χ3v) is 2.39. The standard InChI is InChI=1S/C9H17NO5/c1-4-9(2,15-3)8(14)10-6(5-11)7(12)13/h6,11H,4-5H2,1-3H3,(H,10,14)(H,12,13). The van der Waals surface area contributed by atoms with Gasteiger partial charge in [-0.2, -0.15) is 0 Å². The number of amides is 1. The molecule has 2 unspecified atom stereocenters. The number of carboxylic acids is 1. The van der Waals surface area contributed by atoms with E-state index in [1.165, 1.54) is 7.11 Å². The highest BCUT2D eigenvalue weighted by atomic mass is 16.5. The highest BCUT2D eigenvalue weighted by Gasteiger charge is 2.33. The van der Waals surface area contributed by atoms with E-state index in [1.54, 1.807) is 13.8 Å². The Bertz CT molecular complexity index is 237. The normalized spacial score (nSPS) is 16.5. The number of aliphatic hydroxyl groups excluding tert-OH is 1. The summed E-state index contributed by atoms with van der Waals surface area (Å²) in [6.07, 6.45) is 0.410. The molecule has 3 N–H and O–H groups in total. The van der Waals surface area contributed by atoms with E-state index in [1.807, 2.05) is 0 Å². The molecule has 0 aromatic carbocycles. The molecule has 0 bridgehead atoms. The number of ether oxygens (including phenoxy) is 1. The number of hydrogen-bond donors (Lipinski definition) is 3. The highest BCUT2D eigenvalue weighted by Crippen LogP contribution is 2.13. The SMILES string of the molecule is CCC(C)(OC)C(=O)NC(CO)C(=O)O. The molecule has 2 atom stereocenters. The fourth-order valence-electron chi connectivity index (χ4n) is 0.894. The third kappa shape index (κ3) is 3.49. The van der Waals surface area contributed by atoms with Gasteiger partial charge in [-0.25, -0.2) is 4.79 Å². The average Bonchev–Trinajstić information content (AvgIpc) is 2.23. The van der Waals surface area contributed by atoms with Gasteiger partial charge in [0.05, 0.1) is 6.61 Å². The van der Waals surface area contributed by atoms with Crippen LogP contribution in [0.1, 0.15) is 20.3 Å². The molecule has 0 aliphatic carbocycles. The van der Waals surface area contributed by atoms with E-state index < -0.39 is 30.1 Å². The van der Waals surface area contributed by atoms with Crippen molar-refractivity contribution in [3.63, 3.8) is 0 Å². The number of carboxylic acid groups (broad SMARTS) is 1. The van der Waals surface area contributed by atoms with Gasteiger partial charge in [0.25, 0.3) is 5.91 Å². The summed E-state index contributed by atoms with van der Waals surface area (Å²) in [6.45, 7) is 2.65. The van der Waals surface area contributed by atoms with Crippen molar-refractivity contribution in [1.82, 2.24) is 5.32 Å². The van der Waals surface area contributed by atoms with Crippen LogP contribution in [0.2, 0.25) is 0 Å². The van der Waals surface area contributed by atoms with Crippen LogP contribution < -0.4 is 5.32 Å². The molecule has 0 aliphatic heterocycles. The molecule has 15 heavy (non-hydrogen) atoms. The van der Waals surface area contributed by atoms with E-state index >= 15 is 0 Å². The van der Waals surface area contributed by atoms with Crippen LogP contribution in [0.15, 0.2) is 0 Å². The molecule has 6 heteroatoms. The Morgan fingerprint density at radius 1 is 1.53 bits per heavy atom. The predicted octanol–water partition coefficient (Wildman–Crippen LogP) is -0.637. The molecule has 0 radical (unpaired) electrons. The lowest BCUT2D eigenvalue weighted by molar-refractivity contribution is -0.149. The van der Waals surface area contributed by atoms with Gasteiger partial charge in [-0.15, -0.1) is 0 Å². The molecule has 6 nitrogen and oxygen atoms in total. The van der Waals surface area contributed by atoms with E-state index in [9.17, 15) is 9.59 Å². The van der Waals surface area contributed by atoms with Crippen molar-refractivity contribution >= 4 is 11.9 Å². The fourth-order valence-corrected chi connectivity index (χ4v) is 0.894. The van der Waals surface area contributed by atoms with Gasteiger partial charge >= 0.3 is 5.97 Å². The lowest BCUT2D eigenvalue weighted by Crippen LogP contribution is -2.52. The molecular formula is C9H17NO5. The molecule has 0 fully saturated rings. The van der Waals surface area contributed by atoms with Crippen LogP contribution in [0, 0.1) is 0 Å². The minimum atomic E-state index is -1.29. The summed E-state index contributed by atoms with van der Waals surface area (Å²) in [6, 6.07) is -1.29. The number of rotatable bonds is 6. The molecule has 0 saturated heterocycles. The summed E-state index contributed by atoms with van der Waals surface area (Å²) in [7, 11) is 1.37. The number of hydrogen-bond acceptors (Lipinski definition) is 4. The summed E-state index contributed by atoms with van der Waals surface area (Å²) in [5.41, 5.74) is -1.07. The van der Waals surface area contributed by atoms with Crippen LogP contribution in [-0.2, 0) is 14.3 Å². The van der Waals surface area contributed by atoms with Gasteiger partial charge in [0.15, 0.2) is 0 Å². The number of aliphatic hydroxyl groups is 1. The van der Waals surface area contributed by atoms with Crippen LogP contribution in [0.3, 0.4) is 0 Å². The van der Waals surface area contributed by atoms with E-state index in [4.69, 9.17) is 14.9 Å². The Kier molecular flexibility index (Phi) is 5.24. The molecule has 0 aliphatic rings. The lowest BCUT2D eigenvalue weighted by atomic mass is 10.0. The molecule has 0 aromatic rings. The number of aliphatic carboxylic acids is 1. The molecule has 0 spiro atoms. The van der Waals surface area contributed by atoms with Crippen molar-refractivity contribution < 1.29 is 24.5 Å². The Hall–Kier alpha value is -1.14.